The molecule has 5 nitrogen and oxygen atoms in total. The van der Waals surface area contributed by atoms with Crippen LogP contribution in [0.5, 0.6) is 0 Å². The average Bonchev–Trinajstić information content (AvgIpc) is 3.22. The van der Waals surface area contributed by atoms with Crippen LogP contribution in [0.15, 0.2) is 29.3 Å². The Kier molecular flexibility index (Phi) is 6.43. The van der Waals surface area contributed by atoms with Gasteiger partial charge in [-0.25, -0.2) is 0 Å². The van der Waals surface area contributed by atoms with Crippen molar-refractivity contribution in [1.29, 1.82) is 0 Å². The summed E-state index contributed by atoms with van der Waals surface area (Å²) in [6, 6.07) is 8.53. The Morgan fingerprint density at radius 3 is 2.88 bits per heavy atom. The number of hydrogen-bond acceptors (Lipinski definition) is 3. The standard InChI is InChI=1S/C19H30ClN5/c1-3-21-19(22-12-15-7-9-24(2)13-15)23-17-8-10-25(14-17)18-6-4-5-16(20)11-18/h4-6,11,15,17H,3,7-10,12-14H2,1-2H3,(H2,21,22,23). The minimum atomic E-state index is 0.419. The van der Waals surface area contributed by atoms with Gasteiger partial charge in [0, 0.05) is 49.5 Å². The monoisotopic (exact) mass is 363 g/mol. The topological polar surface area (TPSA) is 42.9 Å². The highest BCUT2D eigenvalue weighted by Gasteiger charge is 2.24. The van der Waals surface area contributed by atoms with Crippen LogP contribution in [0.25, 0.3) is 0 Å². The van der Waals surface area contributed by atoms with Crippen LogP contribution in [0, 0.1) is 5.92 Å². The molecule has 2 unspecified atom stereocenters. The quantitative estimate of drug-likeness (QED) is 0.623. The fourth-order valence-corrected chi connectivity index (χ4v) is 3.88. The second kappa shape index (κ2) is 8.77. The lowest BCUT2D eigenvalue weighted by atomic mass is 10.1. The Bertz CT molecular complexity index is 591. The molecule has 138 valence electrons. The number of nitrogens with one attached hydrogen (secondary N) is 2. The van der Waals surface area contributed by atoms with Gasteiger partial charge < -0.3 is 20.4 Å². The van der Waals surface area contributed by atoms with Gasteiger partial charge in [0.2, 0.25) is 0 Å². The van der Waals surface area contributed by atoms with Crippen molar-refractivity contribution in [3.05, 3.63) is 29.3 Å². The van der Waals surface area contributed by atoms with Crippen LogP contribution in [0.3, 0.4) is 0 Å². The van der Waals surface area contributed by atoms with E-state index in [1.54, 1.807) is 0 Å². The van der Waals surface area contributed by atoms with E-state index in [9.17, 15) is 0 Å². The zero-order valence-corrected chi connectivity index (χ0v) is 16.1. The van der Waals surface area contributed by atoms with E-state index >= 15 is 0 Å². The van der Waals surface area contributed by atoms with Crippen LogP contribution in [0.4, 0.5) is 5.69 Å². The maximum atomic E-state index is 6.12. The van der Waals surface area contributed by atoms with Crippen LogP contribution in [-0.2, 0) is 0 Å². The molecule has 0 aliphatic carbocycles. The van der Waals surface area contributed by atoms with E-state index in [1.165, 1.54) is 18.7 Å². The third-order valence-electron chi connectivity index (χ3n) is 5.04. The molecule has 2 saturated heterocycles. The predicted octanol–water partition coefficient (Wildman–Crippen LogP) is 2.43. The van der Waals surface area contributed by atoms with Crippen molar-refractivity contribution in [2.75, 3.05) is 51.2 Å². The predicted molar refractivity (Wildman–Crippen MR) is 107 cm³/mol. The summed E-state index contributed by atoms with van der Waals surface area (Å²) in [5, 5.41) is 7.81. The molecule has 3 rings (SSSR count). The number of rotatable bonds is 5. The molecule has 0 aromatic heterocycles. The van der Waals surface area contributed by atoms with Crippen molar-refractivity contribution in [3.63, 3.8) is 0 Å². The molecule has 2 atom stereocenters. The van der Waals surface area contributed by atoms with Crippen molar-refractivity contribution < 1.29 is 0 Å². The second-order valence-electron chi connectivity index (χ2n) is 7.19. The lowest BCUT2D eigenvalue weighted by molar-refractivity contribution is 0.397. The first kappa shape index (κ1) is 18.3. The Morgan fingerprint density at radius 2 is 2.16 bits per heavy atom. The minimum absolute atomic E-state index is 0.419. The number of halogens is 1. The summed E-state index contributed by atoms with van der Waals surface area (Å²) in [5.41, 5.74) is 1.20. The molecular weight excluding hydrogens is 334 g/mol. The van der Waals surface area contributed by atoms with Gasteiger partial charge in [0.25, 0.3) is 0 Å². The summed E-state index contributed by atoms with van der Waals surface area (Å²) in [4.78, 5) is 9.61. The molecule has 0 spiro atoms. The maximum Gasteiger partial charge on any atom is 0.191 e. The SMILES string of the molecule is CCNC(=NCC1CCN(C)C1)NC1CCN(c2cccc(Cl)c2)C1. The Hall–Kier alpha value is -1.46. The van der Waals surface area contributed by atoms with E-state index < -0.39 is 0 Å². The van der Waals surface area contributed by atoms with E-state index in [2.05, 4.69) is 40.5 Å². The van der Waals surface area contributed by atoms with Gasteiger partial charge in [-0.1, -0.05) is 17.7 Å². The van der Waals surface area contributed by atoms with Crippen molar-refractivity contribution in [1.82, 2.24) is 15.5 Å². The molecule has 2 heterocycles. The first-order chi connectivity index (χ1) is 12.1. The highest BCUT2D eigenvalue weighted by Crippen LogP contribution is 2.23. The Balaban J connectivity index is 1.54. The van der Waals surface area contributed by atoms with E-state index in [0.29, 0.717) is 12.0 Å². The number of hydrogen-bond donors (Lipinski definition) is 2. The van der Waals surface area contributed by atoms with Crippen molar-refractivity contribution >= 4 is 23.2 Å². The summed E-state index contributed by atoms with van der Waals surface area (Å²) < 4.78 is 0. The van der Waals surface area contributed by atoms with E-state index in [0.717, 1.165) is 50.1 Å². The zero-order chi connectivity index (χ0) is 17.6. The molecule has 25 heavy (non-hydrogen) atoms. The fourth-order valence-electron chi connectivity index (χ4n) is 3.69. The molecule has 0 radical (unpaired) electrons. The molecule has 1 aromatic carbocycles. The third-order valence-corrected chi connectivity index (χ3v) is 5.28. The van der Waals surface area contributed by atoms with Gasteiger partial charge >= 0.3 is 0 Å². The first-order valence-corrected chi connectivity index (χ1v) is 9.75. The zero-order valence-electron chi connectivity index (χ0n) is 15.3. The van der Waals surface area contributed by atoms with Crippen molar-refractivity contribution in [2.24, 2.45) is 10.9 Å². The number of aliphatic imine (C=N–C) groups is 1. The molecule has 2 N–H and O–H groups in total. The maximum absolute atomic E-state index is 6.12. The lowest BCUT2D eigenvalue weighted by Crippen LogP contribution is -2.44. The van der Waals surface area contributed by atoms with Gasteiger partial charge in [-0.2, -0.15) is 0 Å². The number of likely N-dealkylation sites (tertiary alicyclic amines) is 1. The van der Waals surface area contributed by atoms with Gasteiger partial charge in [0.05, 0.1) is 0 Å². The Morgan fingerprint density at radius 1 is 1.28 bits per heavy atom. The smallest absolute Gasteiger partial charge is 0.191 e. The van der Waals surface area contributed by atoms with Crippen molar-refractivity contribution in [2.45, 2.75) is 25.8 Å². The molecule has 2 fully saturated rings. The lowest BCUT2D eigenvalue weighted by Gasteiger charge is -2.21. The molecule has 0 bridgehead atoms. The second-order valence-corrected chi connectivity index (χ2v) is 7.63. The Labute approximate surface area is 156 Å². The summed E-state index contributed by atoms with van der Waals surface area (Å²) in [6.45, 7) is 8.30. The molecule has 2 aliphatic heterocycles. The summed E-state index contributed by atoms with van der Waals surface area (Å²) >= 11 is 6.12. The molecular formula is C19H30ClN5. The highest BCUT2D eigenvalue weighted by atomic mass is 35.5. The van der Waals surface area contributed by atoms with Crippen LogP contribution >= 0.6 is 11.6 Å². The number of anilines is 1. The molecule has 1 aromatic rings. The third kappa shape index (κ3) is 5.25. The molecule has 0 saturated carbocycles. The van der Waals surface area contributed by atoms with Crippen LogP contribution in [-0.4, -0.2) is 63.2 Å². The van der Waals surface area contributed by atoms with Gasteiger partial charge in [-0.05, 0) is 57.5 Å². The van der Waals surface area contributed by atoms with Crippen LogP contribution in [0.1, 0.15) is 19.8 Å². The molecule has 0 amide bonds. The molecule has 6 heteroatoms. The van der Waals surface area contributed by atoms with Gasteiger partial charge in [0.15, 0.2) is 5.96 Å². The fraction of sp³-hybridized carbons (Fsp3) is 0.632. The van der Waals surface area contributed by atoms with Gasteiger partial charge in [-0.3, -0.25) is 4.99 Å². The number of nitrogens with zero attached hydrogens (tertiary/aromatic N) is 3. The highest BCUT2D eigenvalue weighted by molar-refractivity contribution is 6.30. The van der Waals surface area contributed by atoms with E-state index in [4.69, 9.17) is 16.6 Å². The van der Waals surface area contributed by atoms with E-state index in [-0.39, 0.29) is 0 Å². The number of benzene rings is 1. The van der Waals surface area contributed by atoms with Gasteiger partial charge in [-0.15, -0.1) is 0 Å². The van der Waals surface area contributed by atoms with Gasteiger partial charge in [0.1, 0.15) is 0 Å². The largest absolute Gasteiger partial charge is 0.369 e. The van der Waals surface area contributed by atoms with Crippen LogP contribution in [0.2, 0.25) is 5.02 Å². The summed E-state index contributed by atoms with van der Waals surface area (Å²) in [6.07, 6.45) is 2.37. The van der Waals surface area contributed by atoms with Crippen molar-refractivity contribution in [3.8, 4) is 0 Å². The minimum Gasteiger partial charge on any atom is -0.369 e. The van der Waals surface area contributed by atoms with E-state index in [1.807, 2.05) is 18.2 Å². The normalized spacial score (nSPS) is 24.8. The first-order valence-electron chi connectivity index (χ1n) is 9.38. The summed E-state index contributed by atoms with van der Waals surface area (Å²) in [7, 11) is 2.19. The van der Waals surface area contributed by atoms with Crippen LogP contribution < -0.4 is 15.5 Å². The number of guanidine groups is 1. The average molecular weight is 364 g/mol. The molecule has 2 aliphatic rings. The summed E-state index contributed by atoms with van der Waals surface area (Å²) in [5.74, 6) is 1.64.